The molecule has 1 aliphatic rings. The Kier molecular flexibility index (Phi) is 11.3. The van der Waals surface area contributed by atoms with Gasteiger partial charge in [-0.2, -0.15) is 26.3 Å². The van der Waals surface area contributed by atoms with Crippen LogP contribution in [-0.4, -0.2) is 78.1 Å². The number of nitrogens with zero attached hydrogens (tertiary/aromatic N) is 5. The van der Waals surface area contributed by atoms with Gasteiger partial charge in [0.2, 0.25) is 0 Å². The second-order valence-electron chi connectivity index (χ2n) is 8.77. The molecule has 15 heteroatoms. The van der Waals surface area contributed by atoms with E-state index >= 15 is 0 Å². The molecule has 0 spiro atoms. The number of hydrogen-bond donors (Lipinski definition) is 2. The number of piperidine rings is 1. The summed E-state index contributed by atoms with van der Waals surface area (Å²) in [4.78, 5) is 29.2. The molecule has 0 bridgehead atoms. The Hall–Kier alpha value is -3.62. The van der Waals surface area contributed by atoms with Crippen LogP contribution in [0.15, 0.2) is 43.0 Å². The Balaban J connectivity index is 0.000000317. The van der Waals surface area contributed by atoms with E-state index < -0.39 is 24.3 Å². The van der Waals surface area contributed by atoms with E-state index in [2.05, 4.69) is 61.4 Å². The van der Waals surface area contributed by atoms with Gasteiger partial charge in [-0.15, -0.1) is 0 Å². The molecule has 1 aromatic carbocycles. The third-order valence-corrected chi connectivity index (χ3v) is 6.08. The lowest BCUT2D eigenvalue weighted by atomic mass is 9.93. The summed E-state index contributed by atoms with van der Waals surface area (Å²) in [7, 11) is 0. The maximum absolute atomic E-state index is 10.6. The number of imidazole rings is 2. The number of likely N-dealkylation sites (tertiary alicyclic amines) is 1. The number of aliphatic carboxylic acids is 2. The van der Waals surface area contributed by atoms with Crippen molar-refractivity contribution >= 4 is 23.0 Å². The smallest absolute Gasteiger partial charge is 0.475 e. The highest BCUT2D eigenvalue weighted by molar-refractivity contribution is 5.75. The first-order valence-corrected chi connectivity index (χ1v) is 11.9. The molecule has 1 saturated heterocycles. The normalized spacial score (nSPS) is 14.7. The molecule has 1 aliphatic heterocycles. The van der Waals surface area contributed by atoms with E-state index in [9.17, 15) is 26.3 Å². The van der Waals surface area contributed by atoms with Crippen molar-refractivity contribution in [2.75, 3.05) is 19.6 Å². The van der Waals surface area contributed by atoms with Gasteiger partial charge in [0.25, 0.3) is 0 Å². The minimum absolute atomic E-state index is 0.854. The first-order chi connectivity index (χ1) is 18.2. The average Bonchev–Trinajstić information content (AvgIpc) is 3.47. The zero-order chi connectivity index (χ0) is 29.2. The summed E-state index contributed by atoms with van der Waals surface area (Å²) in [6, 6.07) is 8.38. The molecule has 1 fully saturated rings. The van der Waals surface area contributed by atoms with Crippen LogP contribution in [0.3, 0.4) is 0 Å². The van der Waals surface area contributed by atoms with Gasteiger partial charge in [0.15, 0.2) is 0 Å². The van der Waals surface area contributed by atoms with E-state index in [4.69, 9.17) is 19.8 Å². The molecule has 0 amide bonds. The van der Waals surface area contributed by atoms with E-state index in [-0.39, 0.29) is 0 Å². The number of halogens is 6. The first kappa shape index (κ1) is 31.6. The molecule has 0 atom stereocenters. The number of hydrogen-bond acceptors (Lipinski definition) is 5. The molecule has 0 radical (unpaired) electrons. The lowest BCUT2D eigenvalue weighted by Crippen LogP contribution is -2.36. The third kappa shape index (κ3) is 10.6. The summed E-state index contributed by atoms with van der Waals surface area (Å²) < 4.78 is 68.0. The van der Waals surface area contributed by atoms with Gasteiger partial charge in [0.1, 0.15) is 5.82 Å². The van der Waals surface area contributed by atoms with E-state index in [1.165, 1.54) is 37.9 Å². The summed E-state index contributed by atoms with van der Waals surface area (Å²) in [6.07, 6.45) is -0.281. The van der Waals surface area contributed by atoms with Crippen molar-refractivity contribution in [1.29, 1.82) is 0 Å². The fourth-order valence-corrected chi connectivity index (χ4v) is 3.90. The predicted octanol–water partition coefficient (Wildman–Crippen LogP) is 4.61. The molecular formula is C24H29F6N5O4. The zero-order valence-corrected chi connectivity index (χ0v) is 21.0. The van der Waals surface area contributed by atoms with Crippen LogP contribution in [0.5, 0.6) is 0 Å². The van der Waals surface area contributed by atoms with Gasteiger partial charge >= 0.3 is 24.3 Å². The van der Waals surface area contributed by atoms with Gasteiger partial charge in [0.05, 0.1) is 17.4 Å². The number of aromatic nitrogens is 4. The minimum Gasteiger partial charge on any atom is -0.475 e. The van der Waals surface area contributed by atoms with Gasteiger partial charge in [-0.25, -0.2) is 19.6 Å². The lowest BCUT2D eigenvalue weighted by molar-refractivity contribution is -0.193. The van der Waals surface area contributed by atoms with Crippen LogP contribution in [0.25, 0.3) is 11.0 Å². The fourth-order valence-electron chi connectivity index (χ4n) is 3.90. The lowest BCUT2D eigenvalue weighted by Gasteiger charge is -2.32. The van der Waals surface area contributed by atoms with Gasteiger partial charge in [0, 0.05) is 32.0 Å². The van der Waals surface area contributed by atoms with Crippen molar-refractivity contribution in [1.82, 2.24) is 24.0 Å². The number of carbonyl (C=O) groups is 2. The Morgan fingerprint density at radius 2 is 1.46 bits per heavy atom. The van der Waals surface area contributed by atoms with Crippen LogP contribution in [0.1, 0.15) is 25.1 Å². The first-order valence-electron chi connectivity index (χ1n) is 11.9. The number of rotatable bonds is 6. The molecule has 3 aromatic rings. The number of fused-ring (bicyclic) bond motifs is 1. The van der Waals surface area contributed by atoms with Crippen molar-refractivity contribution in [3.63, 3.8) is 0 Å². The van der Waals surface area contributed by atoms with Crippen molar-refractivity contribution in [2.45, 2.75) is 51.6 Å². The fraction of sp³-hybridized carbons (Fsp3) is 0.500. The highest BCUT2D eigenvalue weighted by Gasteiger charge is 2.38. The van der Waals surface area contributed by atoms with Crippen LogP contribution in [-0.2, 0) is 22.7 Å². The number of para-hydroxylation sites is 2. The van der Waals surface area contributed by atoms with E-state index in [1.807, 2.05) is 12.5 Å². The molecule has 2 aromatic heterocycles. The molecule has 0 unspecified atom stereocenters. The van der Waals surface area contributed by atoms with Crippen molar-refractivity contribution in [2.24, 2.45) is 5.92 Å². The van der Waals surface area contributed by atoms with Crippen LogP contribution in [0, 0.1) is 12.8 Å². The minimum atomic E-state index is -5.08. The standard InChI is InChI=1S/C20H27N5.2C2HF3O2/c1-17-21-9-13-24(17)12-8-18-6-10-23(11-7-18)14-15-25-16-22-19-4-2-3-5-20(19)25;2*3-2(4,5)1(6)7/h2-5,9,13,16,18H,6-8,10-12,14-15H2,1H3;2*(H,6,7). The van der Waals surface area contributed by atoms with Gasteiger partial charge in [-0.3, -0.25) is 0 Å². The number of carboxylic acids is 2. The topological polar surface area (TPSA) is 113 Å². The maximum Gasteiger partial charge on any atom is 0.490 e. The van der Waals surface area contributed by atoms with Gasteiger partial charge < -0.3 is 24.2 Å². The largest absolute Gasteiger partial charge is 0.490 e. The quantitative estimate of drug-likeness (QED) is 0.420. The summed E-state index contributed by atoms with van der Waals surface area (Å²) in [5.41, 5.74) is 2.34. The van der Waals surface area contributed by atoms with E-state index in [0.29, 0.717) is 0 Å². The molecule has 216 valence electrons. The number of benzene rings is 1. The molecule has 2 N–H and O–H groups in total. The van der Waals surface area contributed by atoms with Crippen LogP contribution < -0.4 is 0 Å². The third-order valence-electron chi connectivity index (χ3n) is 6.08. The summed E-state index contributed by atoms with van der Waals surface area (Å²) in [6.45, 7) is 7.79. The molecule has 0 aliphatic carbocycles. The molecule has 4 rings (SSSR count). The van der Waals surface area contributed by atoms with E-state index in [1.54, 1.807) is 0 Å². The Labute approximate surface area is 219 Å². The Morgan fingerprint density at radius 1 is 0.897 bits per heavy atom. The van der Waals surface area contributed by atoms with Crippen LogP contribution in [0.4, 0.5) is 26.3 Å². The molecule has 3 heterocycles. The number of carboxylic acid groups (broad SMARTS) is 2. The molecular weight excluding hydrogens is 536 g/mol. The predicted molar refractivity (Wildman–Crippen MR) is 128 cm³/mol. The average molecular weight is 566 g/mol. The van der Waals surface area contributed by atoms with Crippen molar-refractivity contribution in [3.05, 3.63) is 48.8 Å². The Bertz CT molecular complexity index is 1180. The SMILES string of the molecule is Cc1nccn1CCC1CCN(CCn2cnc3ccccc32)CC1.O=C(O)C(F)(F)F.O=C(O)C(F)(F)F. The molecule has 39 heavy (non-hydrogen) atoms. The van der Waals surface area contributed by atoms with Crippen molar-refractivity contribution in [3.8, 4) is 0 Å². The van der Waals surface area contributed by atoms with Gasteiger partial charge in [-0.05, 0) is 57.3 Å². The highest BCUT2D eigenvalue weighted by atomic mass is 19.4. The molecule has 9 nitrogen and oxygen atoms in total. The monoisotopic (exact) mass is 565 g/mol. The van der Waals surface area contributed by atoms with E-state index in [0.717, 1.165) is 36.9 Å². The summed E-state index contributed by atoms with van der Waals surface area (Å²) >= 11 is 0. The Morgan fingerprint density at radius 3 is 1.97 bits per heavy atom. The van der Waals surface area contributed by atoms with Crippen LogP contribution >= 0.6 is 0 Å². The summed E-state index contributed by atoms with van der Waals surface area (Å²) in [5.74, 6) is -3.53. The van der Waals surface area contributed by atoms with Crippen LogP contribution in [0.2, 0.25) is 0 Å². The highest BCUT2D eigenvalue weighted by Crippen LogP contribution is 2.22. The van der Waals surface area contributed by atoms with Gasteiger partial charge in [-0.1, -0.05) is 12.1 Å². The second-order valence-corrected chi connectivity index (χ2v) is 8.77. The maximum atomic E-state index is 10.6. The van der Waals surface area contributed by atoms with Crippen molar-refractivity contribution < 1.29 is 46.1 Å². The number of alkyl halides is 6. The number of aryl methyl sites for hydroxylation is 2. The molecule has 0 saturated carbocycles. The zero-order valence-electron chi connectivity index (χ0n) is 21.0. The summed E-state index contributed by atoms with van der Waals surface area (Å²) in [5, 5.41) is 14.2. The second kappa shape index (κ2) is 14.0.